The molecule has 170 valence electrons. The van der Waals surface area contributed by atoms with Gasteiger partial charge in [0.15, 0.2) is 11.4 Å². The highest BCUT2D eigenvalue weighted by Gasteiger charge is 2.69. The van der Waals surface area contributed by atoms with Crippen LogP contribution < -0.4 is 5.73 Å². The molecule has 32 heavy (non-hydrogen) atoms. The molecule has 4 rings (SSSR count). The van der Waals surface area contributed by atoms with E-state index >= 15 is 0 Å². The molecule has 6 atom stereocenters. The zero-order valence-electron chi connectivity index (χ0n) is 17.6. The number of carbonyl (C=O) groups excluding carboxylic acids is 3. The minimum atomic E-state index is -2.94. The van der Waals surface area contributed by atoms with Crippen LogP contribution in [-0.4, -0.2) is 79.7 Å². The molecule has 0 aromatic heterocycles. The van der Waals surface area contributed by atoms with Gasteiger partial charge in [0.1, 0.15) is 17.1 Å². The van der Waals surface area contributed by atoms with Crippen LogP contribution in [0.4, 0.5) is 0 Å². The number of amides is 1. The summed E-state index contributed by atoms with van der Waals surface area (Å²) in [4.78, 5) is 39.9. The van der Waals surface area contributed by atoms with Crippen molar-refractivity contribution < 1.29 is 39.9 Å². The lowest BCUT2D eigenvalue weighted by Crippen LogP contribution is -2.71. The van der Waals surface area contributed by atoms with Crippen LogP contribution in [-0.2, 0) is 20.0 Å². The van der Waals surface area contributed by atoms with E-state index < -0.39 is 75.3 Å². The molecule has 10 heteroatoms. The smallest absolute Gasteiger partial charge is 0.255 e. The van der Waals surface area contributed by atoms with Gasteiger partial charge in [0.2, 0.25) is 5.78 Å². The summed E-state index contributed by atoms with van der Waals surface area (Å²) in [6, 6.07) is 4.72. The summed E-state index contributed by atoms with van der Waals surface area (Å²) >= 11 is 0. The summed E-state index contributed by atoms with van der Waals surface area (Å²) < 4.78 is 0. The average molecular weight is 444 g/mol. The topological polar surface area (TPSA) is 182 Å². The predicted molar refractivity (Wildman–Crippen MR) is 110 cm³/mol. The summed E-state index contributed by atoms with van der Waals surface area (Å²) in [5.74, 6) is -8.53. The third kappa shape index (κ3) is 2.46. The fourth-order valence-electron chi connectivity index (χ4n) is 5.53. The van der Waals surface area contributed by atoms with Gasteiger partial charge in [0, 0.05) is 5.56 Å². The first kappa shape index (κ1) is 22.2. The predicted octanol–water partition coefficient (Wildman–Crippen LogP) is -1.11. The maximum atomic E-state index is 13.7. The Hall–Kier alpha value is -3.05. The van der Waals surface area contributed by atoms with E-state index in [9.17, 15) is 39.9 Å². The Labute approximate surface area is 182 Å². The van der Waals surface area contributed by atoms with Gasteiger partial charge >= 0.3 is 0 Å². The van der Waals surface area contributed by atoms with Crippen molar-refractivity contribution in [3.63, 3.8) is 0 Å². The Bertz CT molecular complexity index is 1130. The second-order valence-electron chi connectivity index (χ2n) is 8.91. The number of ketones is 2. The van der Waals surface area contributed by atoms with Crippen LogP contribution in [0.15, 0.2) is 41.2 Å². The van der Waals surface area contributed by atoms with Gasteiger partial charge < -0.3 is 31.3 Å². The van der Waals surface area contributed by atoms with Gasteiger partial charge in [-0.2, -0.15) is 0 Å². The standard InChI is InChI=1S/C22H24N2O8/c1-21(31)9-7-5-4-6-8(9)15(25)10-12(21)17(27)13-14(24(2)3)16(26)11(20(23)30)19(29)22(13,32)18(10)28/h4-7,12-14,17,25,27,29,31-32H,1-3H3,(H2,23,30)/t12-,13+,14-,17-,21-,22+/m0/s1. The number of carbonyl (C=O) groups is 3. The first-order valence-electron chi connectivity index (χ1n) is 9.94. The molecule has 0 radical (unpaired) electrons. The van der Waals surface area contributed by atoms with Crippen molar-refractivity contribution in [2.45, 2.75) is 30.3 Å². The summed E-state index contributed by atoms with van der Waals surface area (Å²) in [6.07, 6.45) is -1.79. The molecule has 3 aliphatic rings. The number of primary amides is 1. The van der Waals surface area contributed by atoms with Crippen molar-refractivity contribution >= 4 is 23.2 Å². The Morgan fingerprint density at radius 2 is 1.72 bits per heavy atom. The zero-order chi connectivity index (χ0) is 23.9. The lowest BCUT2D eigenvalue weighted by Gasteiger charge is -2.55. The van der Waals surface area contributed by atoms with E-state index in [0.29, 0.717) is 0 Å². The summed E-state index contributed by atoms with van der Waals surface area (Å²) in [5.41, 5.74) is -0.672. The van der Waals surface area contributed by atoms with E-state index in [-0.39, 0.29) is 11.1 Å². The van der Waals surface area contributed by atoms with E-state index in [0.717, 1.165) is 0 Å². The Balaban J connectivity index is 2.09. The number of rotatable bonds is 2. The van der Waals surface area contributed by atoms with Crippen LogP contribution in [0.2, 0.25) is 0 Å². The molecule has 1 aromatic carbocycles. The Morgan fingerprint density at radius 1 is 1.12 bits per heavy atom. The van der Waals surface area contributed by atoms with E-state index in [1.54, 1.807) is 12.1 Å². The number of hydrogen-bond acceptors (Lipinski definition) is 9. The number of hydrogen-bond donors (Lipinski definition) is 6. The van der Waals surface area contributed by atoms with Crippen LogP contribution in [0.1, 0.15) is 18.1 Å². The number of aliphatic hydroxyl groups excluding tert-OH is 3. The van der Waals surface area contributed by atoms with E-state index in [4.69, 9.17) is 5.73 Å². The normalized spacial score (nSPS) is 36.7. The Morgan fingerprint density at radius 3 is 2.28 bits per heavy atom. The average Bonchev–Trinajstić information content (AvgIpc) is 2.70. The molecule has 1 fully saturated rings. The number of nitrogens with two attached hydrogens (primary N) is 1. The van der Waals surface area contributed by atoms with E-state index in [2.05, 4.69) is 0 Å². The number of likely N-dealkylation sites (N-methyl/N-ethyl adjacent to an activating group) is 1. The molecule has 7 N–H and O–H groups in total. The maximum Gasteiger partial charge on any atom is 0.255 e. The Kier molecular flexibility index (Phi) is 4.65. The van der Waals surface area contributed by atoms with Crippen molar-refractivity contribution in [1.82, 2.24) is 4.90 Å². The van der Waals surface area contributed by atoms with Crippen molar-refractivity contribution in [3.05, 3.63) is 52.3 Å². The second-order valence-corrected chi connectivity index (χ2v) is 8.91. The number of benzene rings is 1. The van der Waals surface area contributed by atoms with Crippen molar-refractivity contribution in [3.8, 4) is 0 Å². The third-order valence-electron chi connectivity index (χ3n) is 6.94. The van der Waals surface area contributed by atoms with Crippen LogP contribution >= 0.6 is 0 Å². The fraction of sp³-hybridized carbons (Fsp3) is 0.409. The minimum absolute atomic E-state index is 0.112. The van der Waals surface area contributed by atoms with Crippen molar-refractivity contribution in [2.75, 3.05) is 14.1 Å². The molecule has 0 aliphatic heterocycles. The zero-order valence-corrected chi connectivity index (χ0v) is 17.6. The van der Waals surface area contributed by atoms with Gasteiger partial charge in [-0.05, 0) is 26.6 Å². The quantitative estimate of drug-likeness (QED) is 0.308. The summed E-state index contributed by atoms with van der Waals surface area (Å²) in [5, 5.41) is 56.0. The van der Waals surface area contributed by atoms with Gasteiger partial charge in [0.25, 0.3) is 5.91 Å². The second kappa shape index (κ2) is 6.72. The first-order valence-corrected chi connectivity index (χ1v) is 9.94. The molecular formula is C22H24N2O8. The van der Waals surface area contributed by atoms with E-state index in [1.165, 1.54) is 38.1 Å². The van der Waals surface area contributed by atoms with Crippen molar-refractivity contribution in [1.29, 1.82) is 0 Å². The van der Waals surface area contributed by atoms with Crippen LogP contribution in [0, 0.1) is 11.8 Å². The lowest BCUT2D eigenvalue weighted by molar-refractivity contribution is -0.181. The largest absolute Gasteiger partial charge is 0.508 e. The summed E-state index contributed by atoms with van der Waals surface area (Å²) in [6.45, 7) is 1.35. The maximum absolute atomic E-state index is 13.7. The number of nitrogens with zero attached hydrogens (tertiary/aromatic N) is 1. The van der Waals surface area contributed by atoms with Crippen LogP contribution in [0.25, 0.3) is 5.76 Å². The molecule has 3 aliphatic carbocycles. The molecule has 1 saturated carbocycles. The van der Waals surface area contributed by atoms with Gasteiger partial charge in [-0.3, -0.25) is 19.3 Å². The van der Waals surface area contributed by atoms with Gasteiger partial charge in [-0.15, -0.1) is 0 Å². The molecule has 0 unspecified atom stereocenters. The minimum Gasteiger partial charge on any atom is -0.508 e. The van der Waals surface area contributed by atoms with Gasteiger partial charge in [-0.25, -0.2) is 0 Å². The fourth-order valence-corrected chi connectivity index (χ4v) is 5.53. The highest BCUT2D eigenvalue weighted by molar-refractivity contribution is 6.24. The lowest BCUT2D eigenvalue weighted by atomic mass is 9.53. The highest BCUT2D eigenvalue weighted by Crippen LogP contribution is 2.56. The summed E-state index contributed by atoms with van der Waals surface area (Å²) in [7, 11) is 2.86. The molecule has 10 nitrogen and oxygen atoms in total. The first-order chi connectivity index (χ1) is 14.8. The van der Waals surface area contributed by atoms with Gasteiger partial charge in [0.05, 0.1) is 35.2 Å². The molecule has 0 saturated heterocycles. The molecule has 1 aromatic rings. The number of Topliss-reactive ketones (excluding diaryl/α,β-unsaturated/α-hetero) is 2. The van der Waals surface area contributed by atoms with Crippen LogP contribution in [0.5, 0.6) is 0 Å². The molecule has 0 bridgehead atoms. The van der Waals surface area contributed by atoms with Gasteiger partial charge in [-0.1, -0.05) is 24.3 Å². The van der Waals surface area contributed by atoms with E-state index in [1.807, 2.05) is 0 Å². The van der Waals surface area contributed by atoms with Crippen molar-refractivity contribution in [2.24, 2.45) is 17.6 Å². The highest BCUT2D eigenvalue weighted by atomic mass is 16.4. The molecule has 1 amide bonds. The number of fused-ring (bicyclic) bond motifs is 3. The third-order valence-corrected chi connectivity index (χ3v) is 6.94. The molecule has 0 spiro atoms. The monoisotopic (exact) mass is 444 g/mol. The van der Waals surface area contributed by atoms with Crippen LogP contribution in [0.3, 0.4) is 0 Å². The molecule has 0 heterocycles. The SMILES string of the molecule is CN(C)[C@@H]1C(=O)C(C(N)=O)=C(O)[C@]2(O)C(=O)C3=C(O)c4ccccc4[C@](C)(O)[C@@H]3[C@H](O)[C@@H]12. The number of aliphatic hydroxyl groups is 5. The molecular weight excluding hydrogens is 420 g/mol.